The maximum atomic E-state index is 11.1. The highest BCUT2D eigenvalue weighted by molar-refractivity contribution is 5.13. The summed E-state index contributed by atoms with van der Waals surface area (Å²) in [6, 6.07) is 0. The highest BCUT2D eigenvalue weighted by Gasteiger charge is 2.59. The Hall–Kier alpha value is -0.340. The van der Waals surface area contributed by atoms with Gasteiger partial charge in [0.15, 0.2) is 0 Å². The van der Waals surface area contributed by atoms with Crippen LogP contribution in [-0.2, 0) is 0 Å². The summed E-state index contributed by atoms with van der Waals surface area (Å²) in [5.74, 6) is 1.52. The number of aliphatic hydroxyl groups excluding tert-OH is 1. The second kappa shape index (κ2) is 5.08. The second-order valence-electron chi connectivity index (χ2n) is 9.46. The first-order chi connectivity index (χ1) is 10.1. The van der Waals surface area contributed by atoms with Crippen molar-refractivity contribution in [1.82, 2.24) is 0 Å². The van der Waals surface area contributed by atoms with Crippen LogP contribution in [-0.4, -0.2) is 21.9 Å². The number of fused-ring (bicyclic) bond motifs is 2. The summed E-state index contributed by atoms with van der Waals surface area (Å²) < 4.78 is 0. The van der Waals surface area contributed by atoms with Crippen molar-refractivity contribution in [3.8, 4) is 0 Å². The molecule has 22 heavy (non-hydrogen) atoms. The van der Waals surface area contributed by atoms with E-state index in [0.29, 0.717) is 17.3 Å². The third-order valence-corrected chi connectivity index (χ3v) is 7.94. The van der Waals surface area contributed by atoms with E-state index in [1.54, 1.807) is 0 Å². The summed E-state index contributed by atoms with van der Waals surface area (Å²) in [5.41, 5.74) is 0.866. The largest absolute Gasteiger partial charge is 0.393 e. The van der Waals surface area contributed by atoms with E-state index in [2.05, 4.69) is 27.4 Å². The maximum Gasteiger partial charge on any atom is 0.0655 e. The molecule has 7 unspecified atom stereocenters. The SMILES string of the molecule is C=C(C)C1CCC2(C)CC3C(C)(O)CCC(O)C3(C)CCC12. The van der Waals surface area contributed by atoms with Crippen LogP contribution >= 0.6 is 0 Å². The van der Waals surface area contributed by atoms with Crippen LogP contribution in [0.5, 0.6) is 0 Å². The van der Waals surface area contributed by atoms with E-state index < -0.39 is 5.60 Å². The normalized spacial score (nSPS) is 55.2. The molecule has 0 aromatic rings. The number of rotatable bonds is 1. The first-order valence-corrected chi connectivity index (χ1v) is 9.16. The molecule has 0 aromatic carbocycles. The molecule has 0 saturated heterocycles. The molecule has 0 amide bonds. The average Bonchev–Trinajstić information content (AvgIpc) is 2.69. The Morgan fingerprint density at radius 2 is 1.73 bits per heavy atom. The molecule has 7 atom stereocenters. The van der Waals surface area contributed by atoms with Gasteiger partial charge in [-0.2, -0.15) is 0 Å². The van der Waals surface area contributed by atoms with Crippen molar-refractivity contribution in [2.24, 2.45) is 28.6 Å². The first-order valence-electron chi connectivity index (χ1n) is 9.16. The minimum Gasteiger partial charge on any atom is -0.393 e. The van der Waals surface area contributed by atoms with Gasteiger partial charge < -0.3 is 10.2 Å². The molecule has 3 rings (SSSR count). The third kappa shape index (κ3) is 2.29. The van der Waals surface area contributed by atoms with Crippen LogP contribution in [0, 0.1) is 28.6 Å². The van der Waals surface area contributed by atoms with Crippen LogP contribution in [0.3, 0.4) is 0 Å². The van der Waals surface area contributed by atoms with Crippen LogP contribution in [0.25, 0.3) is 0 Å². The van der Waals surface area contributed by atoms with Gasteiger partial charge in [-0.15, -0.1) is 0 Å². The van der Waals surface area contributed by atoms with Crippen molar-refractivity contribution in [3.63, 3.8) is 0 Å². The zero-order valence-corrected chi connectivity index (χ0v) is 14.9. The molecule has 3 aliphatic rings. The molecular formula is C20H34O2. The third-order valence-electron chi connectivity index (χ3n) is 7.94. The number of hydrogen-bond acceptors (Lipinski definition) is 2. The zero-order chi connectivity index (χ0) is 16.3. The highest BCUT2D eigenvalue weighted by Crippen LogP contribution is 2.63. The highest BCUT2D eigenvalue weighted by atomic mass is 16.3. The molecule has 0 aliphatic heterocycles. The van der Waals surface area contributed by atoms with Gasteiger partial charge in [0.25, 0.3) is 0 Å². The summed E-state index contributed by atoms with van der Waals surface area (Å²) >= 11 is 0. The Labute approximate surface area is 136 Å². The lowest BCUT2D eigenvalue weighted by Crippen LogP contribution is -2.55. The molecule has 0 heterocycles. The minimum atomic E-state index is -0.632. The Balaban J connectivity index is 1.98. The molecule has 126 valence electrons. The fourth-order valence-corrected chi connectivity index (χ4v) is 6.35. The van der Waals surface area contributed by atoms with Crippen LogP contribution in [0.15, 0.2) is 12.2 Å². The van der Waals surface area contributed by atoms with E-state index in [0.717, 1.165) is 25.7 Å². The van der Waals surface area contributed by atoms with Gasteiger partial charge in [-0.05, 0) is 87.4 Å². The maximum absolute atomic E-state index is 11.1. The topological polar surface area (TPSA) is 40.5 Å². The molecular weight excluding hydrogens is 272 g/mol. The lowest BCUT2D eigenvalue weighted by atomic mass is 9.56. The van der Waals surface area contributed by atoms with E-state index in [1.807, 2.05) is 6.92 Å². The predicted molar refractivity (Wildman–Crippen MR) is 90.4 cm³/mol. The van der Waals surface area contributed by atoms with E-state index >= 15 is 0 Å². The Morgan fingerprint density at radius 1 is 1.05 bits per heavy atom. The van der Waals surface area contributed by atoms with Crippen molar-refractivity contribution in [2.45, 2.75) is 84.3 Å². The summed E-state index contributed by atoms with van der Waals surface area (Å²) in [7, 11) is 0. The van der Waals surface area contributed by atoms with Crippen LogP contribution in [0.1, 0.15) is 72.6 Å². The van der Waals surface area contributed by atoms with Crippen LogP contribution < -0.4 is 0 Å². The molecule has 2 heteroatoms. The van der Waals surface area contributed by atoms with Crippen molar-refractivity contribution >= 4 is 0 Å². The summed E-state index contributed by atoms with van der Waals surface area (Å²) in [4.78, 5) is 0. The van der Waals surface area contributed by atoms with Gasteiger partial charge in [0.05, 0.1) is 11.7 Å². The average molecular weight is 306 g/mol. The molecule has 0 aromatic heterocycles. The van der Waals surface area contributed by atoms with E-state index in [4.69, 9.17) is 0 Å². The number of aliphatic hydroxyl groups is 2. The minimum absolute atomic E-state index is 0.130. The molecule has 0 spiro atoms. The zero-order valence-electron chi connectivity index (χ0n) is 14.9. The van der Waals surface area contributed by atoms with E-state index in [1.165, 1.54) is 24.8 Å². The van der Waals surface area contributed by atoms with Crippen molar-refractivity contribution in [3.05, 3.63) is 12.2 Å². The van der Waals surface area contributed by atoms with Crippen molar-refractivity contribution < 1.29 is 10.2 Å². The smallest absolute Gasteiger partial charge is 0.0655 e. The summed E-state index contributed by atoms with van der Waals surface area (Å²) in [6.45, 7) is 13.1. The molecule has 2 N–H and O–H groups in total. The Bertz CT molecular complexity index is 468. The summed E-state index contributed by atoms with van der Waals surface area (Å²) in [6.07, 6.45) is 6.99. The first kappa shape index (κ1) is 16.5. The quantitative estimate of drug-likeness (QED) is 0.709. The van der Waals surface area contributed by atoms with Gasteiger partial charge >= 0.3 is 0 Å². The predicted octanol–water partition coefficient (Wildman–Crippen LogP) is 4.31. The standard InChI is InChI=1S/C20H34O2/c1-13(2)14-6-9-18(3)12-16-19(4,10-7-15(14)18)17(21)8-11-20(16,5)22/h14-17,21-22H,1,6-12H2,2-5H3. The van der Waals surface area contributed by atoms with Crippen molar-refractivity contribution in [2.75, 3.05) is 0 Å². The van der Waals surface area contributed by atoms with Gasteiger partial charge in [0, 0.05) is 0 Å². The molecule has 3 aliphatic carbocycles. The lowest BCUT2D eigenvalue weighted by Gasteiger charge is -2.53. The Morgan fingerprint density at radius 3 is 2.36 bits per heavy atom. The molecule has 3 saturated carbocycles. The molecule has 2 nitrogen and oxygen atoms in total. The fraction of sp³-hybridized carbons (Fsp3) is 0.900. The molecule has 0 radical (unpaired) electrons. The second-order valence-corrected chi connectivity index (χ2v) is 9.46. The number of allylic oxidation sites excluding steroid dienone is 1. The molecule has 3 fully saturated rings. The molecule has 0 bridgehead atoms. The lowest BCUT2D eigenvalue weighted by molar-refractivity contribution is -0.158. The van der Waals surface area contributed by atoms with Crippen molar-refractivity contribution in [1.29, 1.82) is 0 Å². The Kier molecular flexibility index (Phi) is 3.81. The van der Waals surface area contributed by atoms with Gasteiger partial charge in [-0.3, -0.25) is 0 Å². The van der Waals surface area contributed by atoms with E-state index in [-0.39, 0.29) is 17.4 Å². The van der Waals surface area contributed by atoms with Gasteiger partial charge in [-0.25, -0.2) is 0 Å². The van der Waals surface area contributed by atoms with Crippen LogP contribution in [0.2, 0.25) is 0 Å². The monoisotopic (exact) mass is 306 g/mol. The van der Waals surface area contributed by atoms with Gasteiger partial charge in [0.1, 0.15) is 0 Å². The fourth-order valence-electron chi connectivity index (χ4n) is 6.35. The van der Waals surface area contributed by atoms with Gasteiger partial charge in [0.2, 0.25) is 0 Å². The van der Waals surface area contributed by atoms with Crippen LogP contribution in [0.4, 0.5) is 0 Å². The summed E-state index contributed by atoms with van der Waals surface area (Å²) in [5, 5.41) is 21.8. The number of hydrogen-bond donors (Lipinski definition) is 2. The van der Waals surface area contributed by atoms with Gasteiger partial charge in [-0.1, -0.05) is 26.0 Å². The van der Waals surface area contributed by atoms with E-state index in [9.17, 15) is 10.2 Å².